The van der Waals surface area contributed by atoms with Crippen LogP contribution >= 0.6 is 0 Å². The summed E-state index contributed by atoms with van der Waals surface area (Å²) in [7, 11) is 0. The summed E-state index contributed by atoms with van der Waals surface area (Å²) in [4.78, 5) is 12.0. The van der Waals surface area contributed by atoms with Gasteiger partial charge in [-0.1, -0.05) is 109 Å². The molecule has 4 heteroatoms. The highest BCUT2D eigenvalue weighted by molar-refractivity contribution is 6.13. The molecule has 0 N–H and O–H groups in total. The molecule has 216 valence electrons. The van der Waals surface area contributed by atoms with Crippen molar-refractivity contribution >= 4 is 28.0 Å². The highest BCUT2D eigenvalue weighted by Crippen LogP contribution is 2.54. The molecular formula is C42H28N4. The molecule has 0 aliphatic carbocycles. The number of anilines is 3. The van der Waals surface area contributed by atoms with Gasteiger partial charge in [-0.25, -0.2) is 9.97 Å². The van der Waals surface area contributed by atoms with E-state index in [4.69, 9.17) is 4.98 Å². The molecule has 9 rings (SSSR count). The van der Waals surface area contributed by atoms with Crippen molar-refractivity contribution in [3.8, 4) is 50.7 Å². The fourth-order valence-electron chi connectivity index (χ4n) is 6.80. The van der Waals surface area contributed by atoms with Crippen LogP contribution in [0, 0.1) is 0 Å². The van der Waals surface area contributed by atoms with Crippen LogP contribution in [0.2, 0.25) is 0 Å². The third-order valence-electron chi connectivity index (χ3n) is 8.79. The van der Waals surface area contributed by atoms with E-state index in [2.05, 4.69) is 154 Å². The second kappa shape index (κ2) is 10.7. The van der Waals surface area contributed by atoms with Crippen LogP contribution in [-0.2, 0) is 0 Å². The van der Waals surface area contributed by atoms with Crippen molar-refractivity contribution in [3.63, 3.8) is 0 Å². The molecule has 1 aliphatic rings. The Morgan fingerprint density at radius 3 is 1.93 bits per heavy atom. The fraction of sp³-hybridized carbons (Fsp3) is 0. The molecule has 0 unspecified atom stereocenters. The van der Waals surface area contributed by atoms with Gasteiger partial charge in [0, 0.05) is 50.8 Å². The van der Waals surface area contributed by atoms with Crippen molar-refractivity contribution in [2.24, 2.45) is 0 Å². The van der Waals surface area contributed by atoms with Crippen LogP contribution in [-0.4, -0.2) is 14.5 Å². The van der Waals surface area contributed by atoms with E-state index in [-0.39, 0.29) is 0 Å². The number of nitrogens with zero attached hydrogens (tertiary/aromatic N) is 4. The minimum Gasteiger partial charge on any atom is -0.309 e. The molecule has 2 aromatic heterocycles. The number of hydrogen-bond acceptors (Lipinski definition) is 3. The van der Waals surface area contributed by atoms with Crippen LogP contribution < -0.4 is 4.90 Å². The van der Waals surface area contributed by atoms with Gasteiger partial charge in [-0.15, -0.1) is 0 Å². The molecule has 3 heterocycles. The van der Waals surface area contributed by atoms with Crippen molar-refractivity contribution < 1.29 is 0 Å². The Kier molecular flexibility index (Phi) is 6.10. The van der Waals surface area contributed by atoms with Crippen LogP contribution in [0.1, 0.15) is 0 Å². The molecule has 8 aromatic rings. The van der Waals surface area contributed by atoms with E-state index in [0.717, 1.165) is 45.1 Å². The van der Waals surface area contributed by atoms with Crippen LogP contribution in [0.4, 0.5) is 17.1 Å². The topological polar surface area (TPSA) is 34.0 Å². The molecule has 6 aromatic carbocycles. The second-order valence-corrected chi connectivity index (χ2v) is 11.5. The Morgan fingerprint density at radius 1 is 0.478 bits per heavy atom. The van der Waals surface area contributed by atoms with Gasteiger partial charge in [-0.3, -0.25) is 0 Å². The van der Waals surface area contributed by atoms with E-state index in [0.29, 0.717) is 5.82 Å². The van der Waals surface area contributed by atoms with Crippen LogP contribution in [0.3, 0.4) is 0 Å². The summed E-state index contributed by atoms with van der Waals surface area (Å²) in [6, 6.07) is 57.8. The lowest BCUT2D eigenvalue weighted by atomic mass is 9.95. The number of aromatic nitrogens is 3. The maximum Gasteiger partial charge on any atom is 0.159 e. The van der Waals surface area contributed by atoms with Gasteiger partial charge in [0.25, 0.3) is 0 Å². The van der Waals surface area contributed by atoms with Crippen molar-refractivity contribution in [2.45, 2.75) is 0 Å². The molecule has 0 radical (unpaired) electrons. The highest BCUT2D eigenvalue weighted by atomic mass is 15.2. The number of hydrogen-bond donors (Lipinski definition) is 0. The van der Waals surface area contributed by atoms with Gasteiger partial charge < -0.3 is 9.47 Å². The van der Waals surface area contributed by atoms with Crippen LogP contribution in [0.5, 0.6) is 0 Å². The minimum atomic E-state index is 0.715. The normalized spacial score (nSPS) is 11.9. The predicted molar refractivity (Wildman–Crippen MR) is 189 cm³/mol. The summed E-state index contributed by atoms with van der Waals surface area (Å²) < 4.78 is 2.42. The molecule has 4 nitrogen and oxygen atoms in total. The SMILES string of the molecule is c1ccc(-c2nccc(-c3ccc4c(c3)-c3c(n(-c5ccccc5)c5ccccc35)-c3ccccc3N4c3ccccc3)n2)cc1. The Morgan fingerprint density at radius 2 is 1.13 bits per heavy atom. The smallest absolute Gasteiger partial charge is 0.159 e. The van der Waals surface area contributed by atoms with E-state index >= 15 is 0 Å². The zero-order valence-electron chi connectivity index (χ0n) is 25.0. The summed E-state index contributed by atoms with van der Waals surface area (Å²) in [5.41, 5.74) is 13.3. The molecule has 0 saturated heterocycles. The Balaban J connectivity index is 1.38. The lowest BCUT2D eigenvalue weighted by Gasteiger charge is -2.27. The Hall–Kier alpha value is -6.26. The van der Waals surface area contributed by atoms with Gasteiger partial charge in [0.05, 0.1) is 28.3 Å². The summed E-state index contributed by atoms with van der Waals surface area (Å²) in [5.74, 6) is 0.715. The molecular weight excluding hydrogens is 560 g/mol. The molecule has 0 fully saturated rings. The lowest BCUT2D eigenvalue weighted by molar-refractivity contribution is 1.13. The maximum absolute atomic E-state index is 5.04. The van der Waals surface area contributed by atoms with Gasteiger partial charge in [0.2, 0.25) is 0 Å². The summed E-state index contributed by atoms with van der Waals surface area (Å²) in [5, 5.41) is 1.21. The number of benzene rings is 6. The minimum absolute atomic E-state index is 0.715. The van der Waals surface area contributed by atoms with Gasteiger partial charge in [0.15, 0.2) is 5.82 Å². The molecule has 0 amide bonds. The Bertz CT molecular complexity index is 2360. The van der Waals surface area contributed by atoms with E-state index in [1.807, 2.05) is 30.5 Å². The first-order valence-corrected chi connectivity index (χ1v) is 15.5. The first kappa shape index (κ1) is 26.2. The van der Waals surface area contributed by atoms with Gasteiger partial charge in [-0.2, -0.15) is 0 Å². The van der Waals surface area contributed by atoms with E-state index < -0.39 is 0 Å². The van der Waals surface area contributed by atoms with Crippen molar-refractivity contribution in [1.29, 1.82) is 0 Å². The highest BCUT2D eigenvalue weighted by Gasteiger charge is 2.31. The van der Waals surface area contributed by atoms with Crippen molar-refractivity contribution in [1.82, 2.24) is 14.5 Å². The quantitative estimate of drug-likeness (QED) is 0.205. The summed E-state index contributed by atoms with van der Waals surface area (Å²) in [6.07, 6.45) is 1.86. The molecule has 0 atom stereocenters. The summed E-state index contributed by atoms with van der Waals surface area (Å²) >= 11 is 0. The molecule has 0 saturated carbocycles. The first-order chi connectivity index (χ1) is 22.8. The van der Waals surface area contributed by atoms with Crippen LogP contribution in [0.15, 0.2) is 170 Å². The third kappa shape index (κ3) is 4.15. The Labute approximate surface area is 267 Å². The monoisotopic (exact) mass is 588 g/mol. The largest absolute Gasteiger partial charge is 0.309 e. The predicted octanol–water partition coefficient (Wildman–Crippen LogP) is 10.9. The van der Waals surface area contributed by atoms with Gasteiger partial charge in [0.1, 0.15) is 0 Å². The van der Waals surface area contributed by atoms with Gasteiger partial charge >= 0.3 is 0 Å². The van der Waals surface area contributed by atoms with E-state index in [9.17, 15) is 0 Å². The van der Waals surface area contributed by atoms with Crippen molar-refractivity contribution in [3.05, 3.63) is 170 Å². The number of fused-ring (bicyclic) bond motifs is 7. The maximum atomic E-state index is 5.04. The van der Waals surface area contributed by atoms with E-state index in [1.165, 1.54) is 27.7 Å². The summed E-state index contributed by atoms with van der Waals surface area (Å²) in [6.45, 7) is 0. The van der Waals surface area contributed by atoms with Crippen molar-refractivity contribution in [2.75, 3.05) is 4.90 Å². The average molecular weight is 589 g/mol. The number of para-hydroxylation sites is 4. The second-order valence-electron chi connectivity index (χ2n) is 11.5. The zero-order chi connectivity index (χ0) is 30.5. The zero-order valence-corrected chi connectivity index (χ0v) is 25.0. The molecule has 0 spiro atoms. The number of rotatable bonds is 4. The molecule has 0 bridgehead atoms. The van der Waals surface area contributed by atoms with Gasteiger partial charge in [-0.05, 0) is 54.6 Å². The lowest BCUT2D eigenvalue weighted by Crippen LogP contribution is -2.11. The van der Waals surface area contributed by atoms with Crippen LogP contribution in [0.25, 0.3) is 61.6 Å². The first-order valence-electron chi connectivity index (χ1n) is 15.5. The third-order valence-corrected chi connectivity index (χ3v) is 8.79. The fourth-order valence-corrected chi connectivity index (χ4v) is 6.80. The average Bonchev–Trinajstić information content (AvgIpc) is 3.42. The molecule has 1 aliphatic heterocycles. The molecule has 46 heavy (non-hydrogen) atoms. The standard InChI is InChI=1S/C42H28N4/c1-4-14-29(15-5-1)42-43-27-26-36(44-42)30-24-25-39-35(28-30)40-33-20-10-12-22-37(33)46(32-18-8-3-9-19-32)41(40)34-21-11-13-23-38(34)45(39)31-16-6-2-7-17-31/h1-28H. The van der Waals surface area contributed by atoms with E-state index in [1.54, 1.807) is 0 Å².